The van der Waals surface area contributed by atoms with Crippen molar-refractivity contribution in [3.63, 3.8) is 0 Å². The summed E-state index contributed by atoms with van der Waals surface area (Å²) in [5.41, 5.74) is 1.74. The van der Waals surface area contributed by atoms with Gasteiger partial charge in [0.1, 0.15) is 5.82 Å². The summed E-state index contributed by atoms with van der Waals surface area (Å²) in [5, 5.41) is 8.86. The van der Waals surface area contributed by atoms with Gasteiger partial charge in [0.05, 0.1) is 6.54 Å². The van der Waals surface area contributed by atoms with Crippen LogP contribution in [0.25, 0.3) is 6.08 Å². The molecule has 2 aromatic carbocycles. The lowest BCUT2D eigenvalue weighted by Gasteiger charge is -2.30. The highest BCUT2D eigenvalue weighted by Gasteiger charge is 2.27. The Morgan fingerprint density at radius 1 is 1.14 bits per heavy atom. The van der Waals surface area contributed by atoms with Crippen molar-refractivity contribution in [3.05, 3.63) is 70.0 Å². The van der Waals surface area contributed by atoms with E-state index in [0.717, 1.165) is 38.2 Å². The van der Waals surface area contributed by atoms with Gasteiger partial charge in [-0.3, -0.25) is 4.79 Å². The molecule has 6 heteroatoms. The highest BCUT2D eigenvalue weighted by atomic mass is 79.9. The van der Waals surface area contributed by atoms with Crippen LogP contribution in [-0.2, 0) is 16.1 Å². The van der Waals surface area contributed by atoms with Crippen LogP contribution >= 0.6 is 15.9 Å². The number of carboxylic acids is 1. The molecule has 1 aliphatic carbocycles. The zero-order valence-electron chi connectivity index (χ0n) is 16.0. The van der Waals surface area contributed by atoms with E-state index in [1.54, 1.807) is 41.3 Å². The molecule has 0 aliphatic heterocycles. The van der Waals surface area contributed by atoms with E-state index in [4.69, 9.17) is 5.11 Å². The summed E-state index contributed by atoms with van der Waals surface area (Å²) in [6, 6.07) is 11.9. The quantitative estimate of drug-likeness (QED) is 0.555. The second-order valence-corrected chi connectivity index (χ2v) is 8.18. The highest BCUT2D eigenvalue weighted by molar-refractivity contribution is 9.10. The monoisotopic (exact) mass is 459 g/mol. The first-order chi connectivity index (χ1) is 13.9. The van der Waals surface area contributed by atoms with Crippen LogP contribution in [-0.4, -0.2) is 17.0 Å². The van der Waals surface area contributed by atoms with Crippen LogP contribution in [0.3, 0.4) is 0 Å². The molecule has 1 saturated carbocycles. The molecule has 0 spiro atoms. The van der Waals surface area contributed by atoms with E-state index in [1.807, 2.05) is 0 Å². The normalized spacial score (nSPS) is 14.8. The fourth-order valence-corrected chi connectivity index (χ4v) is 3.98. The number of carbonyl (C=O) groups is 2. The number of benzene rings is 2. The zero-order valence-corrected chi connectivity index (χ0v) is 17.6. The molecule has 0 aromatic heterocycles. The van der Waals surface area contributed by atoms with Crippen LogP contribution in [0, 0.1) is 11.7 Å². The third kappa shape index (κ3) is 5.76. The van der Waals surface area contributed by atoms with E-state index >= 15 is 0 Å². The minimum Gasteiger partial charge on any atom is -0.478 e. The Kier molecular flexibility index (Phi) is 7.20. The summed E-state index contributed by atoms with van der Waals surface area (Å²) >= 11 is 3.26. The van der Waals surface area contributed by atoms with Gasteiger partial charge in [0.2, 0.25) is 5.91 Å². The number of rotatable bonds is 6. The van der Waals surface area contributed by atoms with Gasteiger partial charge in [-0.05, 0) is 48.7 Å². The molecular formula is C23H23BrFNO3. The topological polar surface area (TPSA) is 57.6 Å². The van der Waals surface area contributed by atoms with Crippen molar-refractivity contribution in [3.8, 4) is 0 Å². The average molecular weight is 460 g/mol. The maximum Gasteiger partial charge on any atom is 0.328 e. The Morgan fingerprint density at radius 2 is 1.90 bits per heavy atom. The first kappa shape index (κ1) is 21.2. The van der Waals surface area contributed by atoms with E-state index < -0.39 is 5.97 Å². The van der Waals surface area contributed by atoms with Gasteiger partial charge in [-0.25, -0.2) is 9.18 Å². The summed E-state index contributed by atoms with van der Waals surface area (Å²) < 4.78 is 15.1. The Morgan fingerprint density at radius 3 is 2.59 bits per heavy atom. The molecule has 0 bridgehead atoms. The van der Waals surface area contributed by atoms with Gasteiger partial charge in [0.15, 0.2) is 0 Å². The SMILES string of the molecule is O=C(O)C=Cc1cccc(N(Cc2ccc(Br)cc2F)C(=O)C2CCCCC2)c1. The molecule has 0 saturated heterocycles. The molecule has 152 valence electrons. The highest BCUT2D eigenvalue weighted by Crippen LogP contribution is 2.30. The van der Waals surface area contributed by atoms with Gasteiger partial charge in [-0.1, -0.05) is 53.4 Å². The van der Waals surface area contributed by atoms with Crippen LogP contribution in [0.2, 0.25) is 0 Å². The van der Waals surface area contributed by atoms with Crippen molar-refractivity contribution >= 4 is 39.6 Å². The van der Waals surface area contributed by atoms with Gasteiger partial charge in [0.25, 0.3) is 0 Å². The Balaban J connectivity index is 1.94. The van der Waals surface area contributed by atoms with Gasteiger partial charge in [-0.2, -0.15) is 0 Å². The van der Waals surface area contributed by atoms with E-state index in [1.165, 1.54) is 12.1 Å². The van der Waals surface area contributed by atoms with Crippen molar-refractivity contribution in [2.75, 3.05) is 4.90 Å². The van der Waals surface area contributed by atoms with E-state index in [2.05, 4.69) is 15.9 Å². The standard InChI is InChI=1S/C23H23BrFNO3/c24-19-11-10-18(21(25)14-19)15-26(23(29)17-6-2-1-3-7-17)20-8-4-5-16(13-20)9-12-22(27)28/h4-5,8-14,17H,1-3,6-7,15H2,(H,27,28). The number of hydrogen-bond acceptors (Lipinski definition) is 2. The molecule has 1 aliphatic rings. The predicted octanol–water partition coefficient (Wildman–Crippen LogP) is 5.80. The van der Waals surface area contributed by atoms with E-state index in [-0.39, 0.29) is 24.2 Å². The molecule has 1 fully saturated rings. The maximum absolute atomic E-state index is 14.5. The van der Waals surface area contributed by atoms with Gasteiger partial charge in [0, 0.05) is 27.7 Å². The molecule has 0 heterocycles. The molecular weight excluding hydrogens is 437 g/mol. The minimum absolute atomic E-state index is 0.00798. The van der Waals surface area contributed by atoms with Crippen molar-refractivity contribution in [1.82, 2.24) is 0 Å². The summed E-state index contributed by atoms with van der Waals surface area (Å²) in [7, 11) is 0. The molecule has 0 atom stereocenters. The van der Waals surface area contributed by atoms with E-state index in [0.29, 0.717) is 21.3 Å². The largest absolute Gasteiger partial charge is 0.478 e. The Labute approximate surface area is 178 Å². The first-order valence-corrected chi connectivity index (χ1v) is 10.5. The molecule has 1 N–H and O–H groups in total. The smallest absolute Gasteiger partial charge is 0.328 e. The van der Waals surface area contributed by atoms with Gasteiger partial charge < -0.3 is 10.0 Å². The maximum atomic E-state index is 14.5. The second kappa shape index (κ2) is 9.83. The molecule has 29 heavy (non-hydrogen) atoms. The number of carboxylic acid groups (broad SMARTS) is 1. The zero-order chi connectivity index (χ0) is 20.8. The number of hydrogen-bond donors (Lipinski definition) is 1. The predicted molar refractivity (Wildman–Crippen MR) is 115 cm³/mol. The van der Waals surface area contributed by atoms with Crippen LogP contribution < -0.4 is 4.90 Å². The summed E-state index contributed by atoms with van der Waals surface area (Å²) in [5.74, 6) is -1.49. The van der Waals surface area contributed by atoms with Crippen molar-refractivity contribution in [1.29, 1.82) is 0 Å². The van der Waals surface area contributed by atoms with Crippen LogP contribution in [0.15, 0.2) is 53.0 Å². The summed E-state index contributed by atoms with van der Waals surface area (Å²) in [6.07, 6.45) is 7.42. The lowest BCUT2D eigenvalue weighted by atomic mass is 9.88. The number of halogens is 2. The number of aliphatic carboxylic acids is 1. The number of anilines is 1. The van der Waals surface area contributed by atoms with Gasteiger partial charge in [-0.15, -0.1) is 0 Å². The third-order valence-corrected chi connectivity index (χ3v) is 5.66. The molecule has 0 unspecified atom stereocenters. The van der Waals surface area contributed by atoms with Gasteiger partial charge >= 0.3 is 5.97 Å². The van der Waals surface area contributed by atoms with Crippen molar-refractivity contribution < 1.29 is 19.1 Å². The van der Waals surface area contributed by atoms with Crippen LogP contribution in [0.1, 0.15) is 43.2 Å². The molecule has 3 rings (SSSR count). The lowest BCUT2D eigenvalue weighted by molar-refractivity contribution is -0.131. The molecule has 2 aromatic rings. The van der Waals surface area contributed by atoms with E-state index in [9.17, 15) is 14.0 Å². The Bertz CT molecular complexity index is 922. The minimum atomic E-state index is -1.04. The van der Waals surface area contributed by atoms with Crippen molar-refractivity contribution in [2.45, 2.75) is 38.6 Å². The molecule has 1 amide bonds. The van der Waals surface area contributed by atoms with Crippen molar-refractivity contribution in [2.24, 2.45) is 5.92 Å². The lowest BCUT2D eigenvalue weighted by Crippen LogP contribution is -2.37. The van der Waals surface area contributed by atoms with Crippen LogP contribution in [0.4, 0.5) is 10.1 Å². The first-order valence-electron chi connectivity index (χ1n) is 9.70. The fourth-order valence-electron chi connectivity index (χ4n) is 3.65. The number of amides is 1. The number of nitrogens with zero attached hydrogens (tertiary/aromatic N) is 1. The number of carbonyl (C=O) groups excluding carboxylic acids is 1. The molecule has 4 nitrogen and oxygen atoms in total. The second-order valence-electron chi connectivity index (χ2n) is 7.26. The Hall–Kier alpha value is -2.47. The summed E-state index contributed by atoms with van der Waals surface area (Å²) in [4.78, 5) is 25.8. The third-order valence-electron chi connectivity index (χ3n) is 5.16. The fraction of sp³-hybridized carbons (Fsp3) is 0.304. The summed E-state index contributed by atoms with van der Waals surface area (Å²) in [6.45, 7) is 0.126. The average Bonchev–Trinajstić information content (AvgIpc) is 2.72. The molecule has 0 radical (unpaired) electrons. The van der Waals surface area contributed by atoms with Crippen LogP contribution in [0.5, 0.6) is 0 Å².